The van der Waals surface area contributed by atoms with Crippen LogP contribution in [0.1, 0.15) is 32.4 Å². The molecule has 0 aromatic carbocycles. The van der Waals surface area contributed by atoms with Gasteiger partial charge in [-0.05, 0) is 18.3 Å². The topological polar surface area (TPSA) is 37.8 Å². The van der Waals surface area contributed by atoms with Gasteiger partial charge in [0.15, 0.2) is 0 Å². The monoisotopic (exact) mass is 191 g/mol. The van der Waals surface area contributed by atoms with Crippen LogP contribution in [0, 0.1) is 5.41 Å². The lowest BCUT2D eigenvalue weighted by Gasteiger charge is -2.43. The van der Waals surface area contributed by atoms with Gasteiger partial charge in [0, 0.05) is 31.2 Å². The van der Waals surface area contributed by atoms with Crippen molar-refractivity contribution in [1.29, 1.82) is 0 Å². The van der Waals surface area contributed by atoms with Crippen LogP contribution in [-0.2, 0) is 6.54 Å². The van der Waals surface area contributed by atoms with E-state index in [0.717, 1.165) is 12.2 Å². The van der Waals surface area contributed by atoms with Gasteiger partial charge in [-0.1, -0.05) is 13.8 Å². The maximum absolute atomic E-state index is 4.22. The molecule has 1 heterocycles. The van der Waals surface area contributed by atoms with Crippen LogP contribution in [0.15, 0.2) is 18.6 Å². The van der Waals surface area contributed by atoms with Gasteiger partial charge >= 0.3 is 0 Å². The fourth-order valence-corrected chi connectivity index (χ4v) is 2.09. The summed E-state index contributed by atoms with van der Waals surface area (Å²) < 4.78 is 0. The van der Waals surface area contributed by atoms with E-state index >= 15 is 0 Å². The highest BCUT2D eigenvalue weighted by Crippen LogP contribution is 2.39. The molecule has 14 heavy (non-hydrogen) atoms. The van der Waals surface area contributed by atoms with Crippen molar-refractivity contribution >= 4 is 0 Å². The molecular formula is C11H17N3. The van der Waals surface area contributed by atoms with Crippen molar-refractivity contribution in [1.82, 2.24) is 15.3 Å². The van der Waals surface area contributed by atoms with Crippen molar-refractivity contribution in [3.63, 3.8) is 0 Å². The van der Waals surface area contributed by atoms with E-state index in [4.69, 9.17) is 0 Å². The highest BCUT2D eigenvalue weighted by atomic mass is 15.0. The third kappa shape index (κ3) is 2.29. The number of aromatic nitrogens is 2. The Hall–Kier alpha value is -0.960. The fraction of sp³-hybridized carbons (Fsp3) is 0.636. The number of rotatable bonds is 3. The van der Waals surface area contributed by atoms with E-state index in [1.165, 1.54) is 12.8 Å². The average molecular weight is 191 g/mol. The molecule has 1 aliphatic rings. The summed E-state index contributed by atoms with van der Waals surface area (Å²) in [7, 11) is 0. The first-order valence-electron chi connectivity index (χ1n) is 5.14. The van der Waals surface area contributed by atoms with Crippen molar-refractivity contribution in [3.05, 3.63) is 24.3 Å². The second-order valence-electron chi connectivity index (χ2n) is 4.85. The minimum absolute atomic E-state index is 0.542. The first-order valence-corrected chi connectivity index (χ1v) is 5.14. The van der Waals surface area contributed by atoms with E-state index in [-0.39, 0.29) is 0 Å². The molecule has 1 fully saturated rings. The van der Waals surface area contributed by atoms with E-state index in [0.29, 0.717) is 11.5 Å². The van der Waals surface area contributed by atoms with Gasteiger partial charge in [-0.15, -0.1) is 0 Å². The lowest BCUT2D eigenvalue weighted by Crippen LogP contribution is -2.45. The molecule has 1 aromatic heterocycles. The van der Waals surface area contributed by atoms with Crippen molar-refractivity contribution in [2.45, 2.75) is 39.3 Å². The van der Waals surface area contributed by atoms with E-state index in [1.54, 1.807) is 12.4 Å². The standard InChI is InChI=1S/C11H17N3/c1-11(2)5-9(6-11)14-8-10-7-12-3-4-13-10/h3-4,7,9,14H,5-6,8H2,1-2H3. The summed E-state index contributed by atoms with van der Waals surface area (Å²) in [5.41, 5.74) is 1.57. The molecule has 3 heteroatoms. The van der Waals surface area contributed by atoms with Crippen LogP contribution in [0.4, 0.5) is 0 Å². The van der Waals surface area contributed by atoms with Crippen molar-refractivity contribution in [3.8, 4) is 0 Å². The van der Waals surface area contributed by atoms with Gasteiger partial charge in [0.25, 0.3) is 0 Å². The molecule has 0 aliphatic heterocycles. The SMILES string of the molecule is CC1(C)CC(NCc2cnccn2)C1. The number of nitrogens with zero attached hydrogens (tertiary/aromatic N) is 2. The zero-order valence-corrected chi connectivity index (χ0v) is 8.83. The lowest BCUT2D eigenvalue weighted by atomic mass is 9.68. The molecule has 1 saturated carbocycles. The second kappa shape index (κ2) is 3.65. The van der Waals surface area contributed by atoms with Crippen molar-refractivity contribution in [2.24, 2.45) is 5.41 Å². The zero-order valence-electron chi connectivity index (χ0n) is 8.83. The minimum Gasteiger partial charge on any atom is -0.308 e. The molecule has 0 unspecified atom stereocenters. The van der Waals surface area contributed by atoms with Gasteiger partial charge in [0.1, 0.15) is 0 Å². The van der Waals surface area contributed by atoms with Gasteiger partial charge in [-0.25, -0.2) is 0 Å². The number of hydrogen-bond acceptors (Lipinski definition) is 3. The molecule has 0 bridgehead atoms. The third-order valence-corrected chi connectivity index (χ3v) is 2.79. The van der Waals surface area contributed by atoms with Crippen molar-refractivity contribution < 1.29 is 0 Å². The van der Waals surface area contributed by atoms with Crippen LogP contribution in [0.25, 0.3) is 0 Å². The molecule has 1 aromatic rings. The minimum atomic E-state index is 0.542. The predicted octanol–water partition coefficient (Wildman–Crippen LogP) is 1.75. The Bertz CT molecular complexity index is 287. The molecule has 0 atom stereocenters. The Balaban J connectivity index is 1.75. The Morgan fingerprint density at radius 1 is 1.43 bits per heavy atom. The summed E-state index contributed by atoms with van der Waals surface area (Å²) in [6.07, 6.45) is 7.80. The largest absolute Gasteiger partial charge is 0.308 e. The van der Waals surface area contributed by atoms with Crippen LogP contribution in [0.5, 0.6) is 0 Å². The molecule has 0 amide bonds. The van der Waals surface area contributed by atoms with Crippen LogP contribution in [0.2, 0.25) is 0 Å². The molecule has 0 spiro atoms. The number of hydrogen-bond donors (Lipinski definition) is 1. The molecule has 1 aliphatic carbocycles. The van der Waals surface area contributed by atoms with Crippen LogP contribution in [-0.4, -0.2) is 16.0 Å². The Labute approximate surface area is 85.0 Å². The van der Waals surface area contributed by atoms with E-state index < -0.39 is 0 Å². The van der Waals surface area contributed by atoms with Crippen LogP contribution < -0.4 is 5.32 Å². The zero-order chi connectivity index (χ0) is 10.0. The normalized spacial score (nSPS) is 20.4. The van der Waals surface area contributed by atoms with Gasteiger partial charge in [-0.2, -0.15) is 0 Å². The molecule has 76 valence electrons. The highest BCUT2D eigenvalue weighted by Gasteiger charge is 2.35. The third-order valence-electron chi connectivity index (χ3n) is 2.79. The Kier molecular flexibility index (Phi) is 2.50. The molecule has 0 saturated heterocycles. The summed E-state index contributed by atoms with van der Waals surface area (Å²) in [5, 5.41) is 3.49. The molecular weight excluding hydrogens is 174 g/mol. The molecule has 2 rings (SSSR count). The fourth-order valence-electron chi connectivity index (χ4n) is 2.09. The highest BCUT2D eigenvalue weighted by molar-refractivity contribution is 4.97. The summed E-state index contributed by atoms with van der Waals surface area (Å²) in [5.74, 6) is 0. The Morgan fingerprint density at radius 3 is 2.79 bits per heavy atom. The molecule has 3 nitrogen and oxygen atoms in total. The predicted molar refractivity (Wildman–Crippen MR) is 55.7 cm³/mol. The van der Waals surface area contributed by atoms with Gasteiger partial charge in [0.2, 0.25) is 0 Å². The van der Waals surface area contributed by atoms with E-state index in [2.05, 4.69) is 29.1 Å². The number of nitrogens with one attached hydrogen (secondary N) is 1. The summed E-state index contributed by atoms with van der Waals surface area (Å²) in [6, 6.07) is 0.673. The van der Waals surface area contributed by atoms with Gasteiger partial charge in [0.05, 0.1) is 5.69 Å². The first kappa shape index (κ1) is 9.59. The van der Waals surface area contributed by atoms with E-state index in [1.807, 2.05) is 6.20 Å². The summed E-state index contributed by atoms with van der Waals surface area (Å²) in [6.45, 7) is 5.47. The summed E-state index contributed by atoms with van der Waals surface area (Å²) >= 11 is 0. The lowest BCUT2D eigenvalue weighted by molar-refractivity contribution is 0.125. The Morgan fingerprint density at radius 2 is 2.21 bits per heavy atom. The quantitative estimate of drug-likeness (QED) is 0.791. The van der Waals surface area contributed by atoms with Crippen LogP contribution >= 0.6 is 0 Å². The van der Waals surface area contributed by atoms with Gasteiger partial charge < -0.3 is 5.32 Å². The first-order chi connectivity index (χ1) is 6.66. The molecule has 1 N–H and O–H groups in total. The maximum Gasteiger partial charge on any atom is 0.0724 e. The molecule has 0 radical (unpaired) electrons. The van der Waals surface area contributed by atoms with Gasteiger partial charge in [-0.3, -0.25) is 9.97 Å². The summed E-state index contributed by atoms with van der Waals surface area (Å²) in [4.78, 5) is 8.25. The average Bonchev–Trinajstić information content (AvgIpc) is 2.13. The smallest absolute Gasteiger partial charge is 0.0724 e. The van der Waals surface area contributed by atoms with E-state index in [9.17, 15) is 0 Å². The maximum atomic E-state index is 4.22. The van der Waals surface area contributed by atoms with Crippen LogP contribution in [0.3, 0.4) is 0 Å². The second-order valence-corrected chi connectivity index (χ2v) is 4.85. The van der Waals surface area contributed by atoms with Crippen molar-refractivity contribution in [2.75, 3.05) is 0 Å².